The Morgan fingerprint density at radius 3 is 1.51 bits per heavy atom. The van der Waals surface area contributed by atoms with Gasteiger partial charge in [-0.3, -0.25) is 0 Å². The fourth-order valence-electron chi connectivity index (χ4n) is 7.66. The van der Waals surface area contributed by atoms with Crippen molar-refractivity contribution in [2.45, 2.75) is 120 Å². The minimum atomic E-state index is -3.53. The summed E-state index contributed by atoms with van der Waals surface area (Å²) < 4.78 is 52.1. The lowest BCUT2D eigenvalue weighted by Gasteiger charge is -2.38. The van der Waals surface area contributed by atoms with Crippen LogP contribution in [0.4, 0.5) is 17.6 Å². The number of rotatable bonds is 8. The topological polar surface area (TPSA) is 0 Å². The molecule has 35 heavy (non-hydrogen) atoms. The number of hydrogen-bond acceptors (Lipinski definition) is 0. The van der Waals surface area contributed by atoms with Crippen LogP contribution in [0.2, 0.25) is 0 Å². The maximum absolute atomic E-state index is 14.3. The van der Waals surface area contributed by atoms with E-state index < -0.39 is 21.1 Å². The molecule has 5 heteroatoms. The molecule has 0 radical (unpaired) electrons. The molecule has 0 bridgehead atoms. The van der Waals surface area contributed by atoms with Crippen LogP contribution in [0, 0.1) is 41.2 Å². The van der Waals surface area contributed by atoms with Crippen molar-refractivity contribution in [2.24, 2.45) is 29.6 Å². The lowest BCUT2D eigenvalue weighted by molar-refractivity contribution is 0.117. The lowest BCUT2D eigenvalue weighted by Crippen LogP contribution is -2.26. The van der Waals surface area contributed by atoms with E-state index in [9.17, 15) is 17.6 Å². The van der Waals surface area contributed by atoms with Crippen LogP contribution in [0.1, 0.15) is 127 Å². The first-order chi connectivity index (χ1) is 16.7. The van der Waals surface area contributed by atoms with Crippen molar-refractivity contribution in [1.82, 2.24) is 0 Å². The molecule has 0 saturated heterocycles. The molecule has 3 fully saturated rings. The quantitative estimate of drug-likeness (QED) is 0.157. The molecule has 0 amide bonds. The van der Waals surface area contributed by atoms with Crippen molar-refractivity contribution >= 4 is 22.6 Å². The van der Waals surface area contributed by atoms with Gasteiger partial charge in [0.25, 0.3) is 0 Å². The Balaban J connectivity index is 1.18. The Bertz CT molecular complexity index is 772. The summed E-state index contributed by atoms with van der Waals surface area (Å²) in [6.07, 6.45) is 20.9. The van der Waals surface area contributed by atoms with Crippen LogP contribution in [0.25, 0.3) is 0 Å². The third-order valence-electron chi connectivity index (χ3n) is 9.80. The maximum Gasteiger partial charge on any atom is 0.327 e. The van der Waals surface area contributed by atoms with E-state index in [1.54, 1.807) is 0 Å². The predicted molar refractivity (Wildman–Crippen MR) is 144 cm³/mol. The standard InChI is InChI=1S/C30H43F4I/c1-2-3-20-4-6-21(7-5-20)8-9-22-10-12-23(13-11-22)24-14-16-25(17-15-24)26-18-27(31)29(28(32)19-26)30(33,34)35/h18-25H,2-17H2,1H3. The molecule has 4 rings (SSSR count). The van der Waals surface area contributed by atoms with Gasteiger partial charge in [-0.25, -0.2) is 8.78 Å². The second-order valence-electron chi connectivity index (χ2n) is 12.0. The lowest BCUT2D eigenvalue weighted by atomic mass is 9.67. The summed E-state index contributed by atoms with van der Waals surface area (Å²) in [5, 5.41) is 0. The second-order valence-corrected chi connectivity index (χ2v) is 13.4. The van der Waals surface area contributed by atoms with E-state index in [2.05, 4.69) is 6.92 Å². The molecule has 0 nitrogen and oxygen atoms in total. The van der Waals surface area contributed by atoms with Crippen LogP contribution in [0.15, 0.2) is 12.1 Å². The predicted octanol–water partition coefficient (Wildman–Crippen LogP) is 10.9. The zero-order chi connectivity index (χ0) is 25.0. The van der Waals surface area contributed by atoms with E-state index in [4.69, 9.17) is 0 Å². The van der Waals surface area contributed by atoms with Gasteiger partial charge in [-0.05, 0) is 91.7 Å². The van der Waals surface area contributed by atoms with E-state index >= 15 is 0 Å². The van der Waals surface area contributed by atoms with Crippen LogP contribution in [-0.2, 0) is 3.93 Å². The van der Waals surface area contributed by atoms with E-state index in [0.29, 0.717) is 11.5 Å². The van der Waals surface area contributed by atoms with Gasteiger partial charge in [-0.1, -0.05) is 71.1 Å². The molecule has 3 aliphatic rings. The van der Waals surface area contributed by atoms with E-state index in [1.165, 1.54) is 77.0 Å². The minimum Gasteiger partial charge on any atom is -0.206 e. The first kappa shape index (κ1) is 27.7. The molecule has 0 unspecified atom stereocenters. The van der Waals surface area contributed by atoms with Crippen LogP contribution in [-0.4, -0.2) is 0 Å². The molecule has 0 atom stereocenters. The van der Waals surface area contributed by atoms with Crippen molar-refractivity contribution in [1.29, 1.82) is 0 Å². The van der Waals surface area contributed by atoms with Crippen molar-refractivity contribution in [3.05, 3.63) is 34.9 Å². The summed E-state index contributed by atoms with van der Waals surface area (Å²) >= 11 is 0.795. The fraction of sp³-hybridized carbons (Fsp3) is 0.800. The highest BCUT2D eigenvalue weighted by atomic mass is 127. The largest absolute Gasteiger partial charge is 0.327 e. The van der Waals surface area contributed by atoms with E-state index in [1.807, 2.05) is 0 Å². The van der Waals surface area contributed by atoms with Gasteiger partial charge in [0.2, 0.25) is 0 Å². The van der Waals surface area contributed by atoms with E-state index in [0.717, 1.165) is 84.1 Å². The molecule has 0 aliphatic heterocycles. The Morgan fingerprint density at radius 2 is 1.09 bits per heavy atom. The molecule has 1 aromatic rings. The monoisotopic (exact) mass is 606 g/mol. The molecular weight excluding hydrogens is 563 g/mol. The highest BCUT2D eigenvalue weighted by molar-refractivity contribution is 14.1. The summed E-state index contributed by atoms with van der Waals surface area (Å²) in [6.45, 7) is 2.31. The molecule has 198 valence electrons. The molecule has 3 aliphatic carbocycles. The second kappa shape index (κ2) is 12.5. The number of alkyl halides is 3. The third kappa shape index (κ3) is 7.37. The number of hydrogen-bond donors (Lipinski definition) is 0. The minimum absolute atomic E-state index is 0.0795. The molecular formula is C30H43F4I. The zero-order valence-electron chi connectivity index (χ0n) is 21.3. The summed E-state index contributed by atoms with van der Waals surface area (Å²) in [4.78, 5) is 0. The molecule has 0 spiro atoms. The molecule has 1 aromatic carbocycles. The van der Waals surface area contributed by atoms with Gasteiger partial charge in [0.1, 0.15) is 17.2 Å². The number of benzene rings is 1. The molecule has 3 saturated carbocycles. The van der Waals surface area contributed by atoms with Crippen LogP contribution in [0.3, 0.4) is 0 Å². The Hall–Kier alpha value is -0.330. The summed E-state index contributed by atoms with van der Waals surface area (Å²) in [5.74, 6) is 2.25. The Morgan fingerprint density at radius 1 is 0.686 bits per heavy atom. The Kier molecular flexibility index (Phi) is 9.87. The van der Waals surface area contributed by atoms with Crippen molar-refractivity contribution in [2.75, 3.05) is 0 Å². The average Bonchev–Trinajstić information content (AvgIpc) is 2.83. The van der Waals surface area contributed by atoms with E-state index in [-0.39, 0.29) is 5.92 Å². The average molecular weight is 607 g/mol. The van der Waals surface area contributed by atoms with Crippen LogP contribution < -0.4 is 0 Å². The molecule has 0 N–H and O–H groups in total. The number of halogens is 5. The van der Waals surface area contributed by atoms with Gasteiger partial charge in [-0.2, -0.15) is 8.78 Å². The maximum atomic E-state index is 14.3. The molecule has 0 aromatic heterocycles. The van der Waals surface area contributed by atoms with Crippen LogP contribution in [0.5, 0.6) is 0 Å². The normalized spacial score (nSPS) is 32.5. The van der Waals surface area contributed by atoms with Gasteiger partial charge >= 0.3 is 3.93 Å². The molecule has 0 heterocycles. The summed E-state index contributed by atoms with van der Waals surface area (Å²) in [6, 6.07) is 2.30. The third-order valence-corrected chi connectivity index (χ3v) is 10.3. The fourth-order valence-corrected chi connectivity index (χ4v) is 8.18. The Labute approximate surface area is 223 Å². The smallest absolute Gasteiger partial charge is 0.206 e. The summed E-state index contributed by atoms with van der Waals surface area (Å²) in [7, 11) is 0. The van der Waals surface area contributed by atoms with Crippen molar-refractivity contribution < 1.29 is 17.6 Å². The first-order valence-corrected chi connectivity index (χ1v) is 15.4. The first-order valence-electron chi connectivity index (χ1n) is 14.3. The van der Waals surface area contributed by atoms with Crippen LogP contribution >= 0.6 is 22.6 Å². The highest BCUT2D eigenvalue weighted by Crippen LogP contribution is 2.46. The SMILES string of the molecule is CCCC1CCC(CCC2CCC(C3CCC(c4cc(F)c(C(F)(F)I)c(F)c4)CC3)CC2)CC1. The van der Waals surface area contributed by atoms with Gasteiger partial charge in [-0.15, -0.1) is 0 Å². The zero-order valence-corrected chi connectivity index (χ0v) is 23.5. The van der Waals surface area contributed by atoms with Gasteiger partial charge < -0.3 is 0 Å². The summed E-state index contributed by atoms with van der Waals surface area (Å²) in [5.41, 5.74) is -0.563. The van der Waals surface area contributed by atoms with Crippen molar-refractivity contribution in [3.8, 4) is 0 Å². The van der Waals surface area contributed by atoms with Crippen molar-refractivity contribution in [3.63, 3.8) is 0 Å². The highest BCUT2D eigenvalue weighted by Gasteiger charge is 2.36. The van der Waals surface area contributed by atoms with Gasteiger partial charge in [0, 0.05) is 22.6 Å². The van der Waals surface area contributed by atoms with Gasteiger partial charge in [0.15, 0.2) is 0 Å². The van der Waals surface area contributed by atoms with Gasteiger partial charge in [0.05, 0.1) is 0 Å².